The number of halogens is 1. The van der Waals surface area contributed by atoms with Gasteiger partial charge in [0, 0.05) is 34.9 Å². The van der Waals surface area contributed by atoms with E-state index in [9.17, 15) is 4.79 Å². The molecule has 7 heteroatoms. The Morgan fingerprint density at radius 1 is 1.28 bits per heavy atom. The first kappa shape index (κ1) is 17.5. The maximum absolute atomic E-state index is 12.3. The molecule has 1 aliphatic rings. The molecule has 2 atom stereocenters. The smallest absolute Gasteiger partial charge is 0.319 e. The van der Waals surface area contributed by atoms with Gasteiger partial charge in [-0.1, -0.05) is 11.6 Å². The summed E-state index contributed by atoms with van der Waals surface area (Å²) in [5.41, 5.74) is 1.64. The monoisotopic (exact) mass is 360 g/mol. The lowest BCUT2D eigenvalue weighted by atomic mass is 9.90. The minimum atomic E-state index is -0.229. The van der Waals surface area contributed by atoms with Gasteiger partial charge in [0.25, 0.3) is 0 Å². The molecular formula is C18H21ClN4O2. The Balaban J connectivity index is 1.65. The molecule has 2 unspecified atom stereocenters. The van der Waals surface area contributed by atoms with Crippen LogP contribution in [0, 0.1) is 0 Å². The molecule has 2 aromatic rings. The number of carbonyl (C=O) groups is 1. The molecule has 2 heterocycles. The zero-order chi connectivity index (χ0) is 17.6. The first-order valence-electron chi connectivity index (χ1n) is 8.19. The molecule has 0 saturated carbocycles. The standard InChI is InChI=1S/C18H21ClN4O2/c1-25-14-6-7-16(21-10-14)15-11-20-9-8-17(15)23-18(24)22-13-4-2-12(19)3-5-13/h2-7,10,15,17,20H,8-9,11H2,1H3,(H2,22,23,24). The summed E-state index contributed by atoms with van der Waals surface area (Å²) in [6.07, 6.45) is 2.54. The average Bonchev–Trinajstić information content (AvgIpc) is 2.64. The van der Waals surface area contributed by atoms with E-state index in [1.165, 1.54) is 0 Å². The number of piperidine rings is 1. The van der Waals surface area contributed by atoms with Crippen LogP contribution in [0.1, 0.15) is 18.0 Å². The number of aromatic nitrogens is 1. The summed E-state index contributed by atoms with van der Waals surface area (Å²) in [5.74, 6) is 0.827. The summed E-state index contributed by atoms with van der Waals surface area (Å²) >= 11 is 5.86. The van der Waals surface area contributed by atoms with Crippen LogP contribution in [-0.2, 0) is 0 Å². The highest BCUT2D eigenvalue weighted by Crippen LogP contribution is 2.24. The number of methoxy groups -OCH3 is 1. The average molecular weight is 361 g/mol. The molecule has 6 nitrogen and oxygen atoms in total. The Labute approximate surface area is 151 Å². The van der Waals surface area contributed by atoms with E-state index in [1.807, 2.05) is 12.1 Å². The van der Waals surface area contributed by atoms with Crippen LogP contribution < -0.4 is 20.7 Å². The number of ether oxygens (including phenoxy) is 1. The largest absolute Gasteiger partial charge is 0.495 e. The van der Waals surface area contributed by atoms with Gasteiger partial charge in [0.15, 0.2) is 0 Å². The summed E-state index contributed by atoms with van der Waals surface area (Å²) in [7, 11) is 1.62. The summed E-state index contributed by atoms with van der Waals surface area (Å²) < 4.78 is 5.16. The van der Waals surface area contributed by atoms with E-state index < -0.39 is 0 Å². The number of anilines is 1. The van der Waals surface area contributed by atoms with Crippen LogP contribution >= 0.6 is 11.6 Å². The van der Waals surface area contributed by atoms with Crippen molar-refractivity contribution < 1.29 is 9.53 Å². The molecule has 3 N–H and O–H groups in total. The number of hydrogen-bond acceptors (Lipinski definition) is 4. The maximum Gasteiger partial charge on any atom is 0.319 e. The van der Waals surface area contributed by atoms with Gasteiger partial charge in [0.1, 0.15) is 5.75 Å². The number of rotatable bonds is 4. The van der Waals surface area contributed by atoms with E-state index in [4.69, 9.17) is 16.3 Å². The Bertz CT molecular complexity index is 706. The van der Waals surface area contributed by atoms with E-state index >= 15 is 0 Å². The Morgan fingerprint density at radius 3 is 2.76 bits per heavy atom. The molecule has 0 radical (unpaired) electrons. The van der Waals surface area contributed by atoms with Crippen molar-refractivity contribution in [3.05, 3.63) is 53.3 Å². The molecule has 1 aromatic carbocycles. The highest BCUT2D eigenvalue weighted by atomic mass is 35.5. The van der Waals surface area contributed by atoms with Crippen LogP contribution in [0.5, 0.6) is 5.75 Å². The molecule has 2 amide bonds. The third kappa shape index (κ3) is 4.61. The quantitative estimate of drug-likeness (QED) is 0.783. The van der Waals surface area contributed by atoms with Gasteiger partial charge in [-0.05, 0) is 49.4 Å². The van der Waals surface area contributed by atoms with E-state index in [1.54, 1.807) is 37.6 Å². The number of carbonyl (C=O) groups excluding carboxylic acids is 1. The normalized spacial score (nSPS) is 19.9. The minimum Gasteiger partial charge on any atom is -0.495 e. The highest BCUT2D eigenvalue weighted by Gasteiger charge is 2.28. The molecule has 132 valence electrons. The van der Waals surface area contributed by atoms with Crippen molar-refractivity contribution in [1.82, 2.24) is 15.6 Å². The SMILES string of the molecule is COc1ccc(C2CNCCC2NC(=O)Nc2ccc(Cl)cc2)nc1. The van der Waals surface area contributed by atoms with Crippen LogP contribution in [0.15, 0.2) is 42.6 Å². The Hall–Kier alpha value is -2.31. The van der Waals surface area contributed by atoms with Crippen molar-refractivity contribution in [3.63, 3.8) is 0 Å². The molecule has 1 aliphatic heterocycles. The number of urea groups is 1. The topological polar surface area (TPSA) is 75.3 Å². The van der Waals surface area contributed by atoms with Crippen LogP contribution in [0.3, 0.4) is 0 Å². The fraction of sp³-hybridized carbons (Fsp3) is 0.333. The summed E-state index contributed by atoms with van der Waals surface area (Å²) in [5, 5.41) is 9.90. The second-order valence-corrected chi connectivity index (χ2v) is 6.37. The molecule has 1 fully saturated rings. The van der Waals surface area contributed by atoms with Crippen LogP contribution in [0.2, 0.25) is 5.02 Å². The second-order valence-electron chi connectivity index (χ2n) is 5.93. The fourth-order valence-corrected chi connectivity index (χ4v) is 3.07. The molecule has 0 bridgehead atoms. The Morgan fingerprint density at radius 2 is 2.08 bits per heavy atom. The predicted molar refractivity (Wildman–Crippen MR) is 98.4 cm³/mol. The molecule has 3 rings (SSSR count). The Kier molecular flexibility index (Phi) is 5.73. The molecule has 0 aliphatic carbocycles. The van der Waals surface area contributed by atoms with E-state index in [2.05, 4.69) is 20.9 Å². The van der Waals surface area contributed by atoms with Gasteiger partial charge < -0.3 is 20.7 Å². The number of amides is 2. The van der Waals surface area contributed by atoms with Gasteiger partial charge in [-0.2, -0.15) is 0 Å². The molecule has 1 aromatic heterocycles. The minimum absolute atomic E-state index is 0.00875. The predicted octanol–water partition coefficient (Wildman–Crippen LogP) is 3.01. The number of pyridine rings is 1. The third-order valence-electron chi connectivity index (χ3n) is 4.28. The zero-order valence-electron chi connectivity index (χ0n) is 14.0. The van der Waals surface area contributed by atoms with Crippen LogP contribution in [-0.4, -0.2) is 37.3 Å². The number of nitrogens with zero attached hydrogens (tertiary/aromatic N) is 1. The number of nitrogens with one attached hydrogen (secondary N) is 3. The molecule has 1 saturated heterocycles. The zero-order valence-corrected chi connectivity index (χ0v) is 14.7. The summed E-state index contributed by atoms with van der Waals surface area (Å²) in [6.45, 7) is 1.63. The van der Waals surface area contributed by atoms with Crippen molar-refractivity contribution in [2.24, 2.45) is 0 Å². The van der Waals surface area contributed by atoms with Crippen molar-refractivity contribution in [3.8, 4) is 5.75 Å². The van der Waals surface area contributed by atoms with E-state index in [0.29, 0.717) is 10.7 Å². The molecule has 25 heavy (non-hydrogen) atoms. The summed E-state index contributed by atoms with van der Waals surface area (Å²) in [4.78, 5) is 16.8. The van der Waals surface area contributed by atoms with Crippen molar-refractivity contribution in [1.29, 1.82) is 0 Å². The van der Waals surface area contributed by atoms with Crippen molar-refractivity contribution >= 4 is 23.3 Å². The van der Waals surface area contributed by atoms with Gasteiger partial charge in [0.2, 0.25) is 0 Å². The molecule has 0 spiro atoms. The van der Waals surface area contributed by atoms with E-state index in [0.717, 1.165) is 31.0 Å². The van der Waals surface area contributed by atoms with Gasteiger partial charge in [-0.25, -0.2) is 4.79 Å². The lowest BCUT2D eigenvalue weighted by Crippen LogP contribution is -2.49. The number of hydrogen-bond donors (Lipinski definition) is 3. The fourth-order valence-electron chi connectivity index (χ4n) is 2.94. The van der Waals surface area contributed by atoms with Gasteiger partial charge in [-0.3, -0.25) is 4.98 Å². The summed E-state index contributed by atoms with van der Waals surface area (Å²) in [6, 6.07) is 10.6. The van der Waals surface area contributed by atoms with Crippen molar-refractivity contribution in [2.75, 3.05) is 25.5 Å². The van der Waals surface area contributed by atoms with Crippen LogP contribution in [0.25, 0.3) is 0 Å². The van der Waals surface area contributed by atoms with Crippen LogP contribution in [0.4, 0.5) is 10.5 Å². The van der Waals surface area contributed by atoms with Gasteiger partial charge in [-0.15, -0.1) is 0 Å². The lowest BCUT2D eigenvalue weighted by Gasteiger charge is -2.32. The maximum atomic E-state index is 12.3. The molecular weight excluding hydrogens is 340 g/mol. The van der Waals surface area contributed by atoms with Crippen molar-refractivity contribution in [2.45, 2.75) is 18.4 Å². The first-order valence-corrected chi connectivity index (χ1v) is 8.57. The van der Waals surface area contributed by atoms with E-state index in [-0.39, 0.29) is 18.0 Å². The third-order valence-corrected chi connectivity index (χ3v) is 4.53. The second kappa shape index (κ2) is 8.18. The number of benzene rings is 1. The highest BCUT2D eigenvalue weighted by molar-refractivity contribution is 6.30. The van der Waals surface area contributed by atoms with Gasteiger partial charge in [0.05, 0.1) is 13.3 Å². The van der Waals surface area contributed by atoms with Gasteiger partial charge >= 0.3 is 6.03 Å². The lowest BCUT2D eigenvalue weighted by molar-refractivity contribution is 0.241. The first-order chi connectivity index (χ1) is 12.2.